The van der Waals surface area contributed by atoms with E-state index in [9.17, 15) is 14.4 Å². The van der Waals surface area contributed by atoms with Crippen LogP contribution in [0.25, 0.3) is 5.65 Å². The topological polar surface area (TPSA) is 128 Å². The zero-order chi connectivity index (χ0) is 36.4. The molecule has 1 fully saturated rings. The minimum atomic E-state index is -0.821. The Morgan fingerprint density at radius 3 is 2.32 bits per heavy atom. The third kappa shape index (κ3) is 8.90. The molecule has 12 heteroatoms. The van der Waals surface area contributed by atoms with Crippen LogP contribution in [0, 0.1) is 6.92 Å². The van der Waals surface area contributed by atoms with Crippen LogP contribution in [-0.2, 0) is 9.47 Å². The molecule has 12 nitrogen and oxygen atoms in total. The number of ether oxygens (including phenoxy) is 3. The second kappa shape index (κ2) is 14.4. The highest BCUT2D eigenvalue weighted by molar-refractivity contribution is 6.05. The van der Waals surface area contributed by atoms with E-state index in [2.05, 4.69) is 10.4 Å². The number of nitrogens with zero attached hydrogens (tertiary/aromatic N) is 5. The van der Waals surface area contributed by atoms with Gasteiger partial charge in [0, 0.05) is 29.4 Å². The Labute approximate surface area is 293 Å². The summed E-state index contributed by atoms with van der Waals surface area (Å²) in [6.45, 7) is 17.8. The molecule has 1 aliphatic rings. The molecule has 3 amide bonds. The second-order valence-corrected chi connectivity index (χ2v) is 14.9. The van der Waals surface area contributed by atoms with E-state index in [1.807, 2.05) is 53.7 Å². The largest absolute Gasteiger partial charge is 0.472 e. The van der Waals surface area contributed by atoms with Crippen molar-refractivity contribution < 1.29 is 28.6 Å². The van der Waals surface area contributed by atoms with Gasteiger partial charge in [-0.25, -0.2) is 14.5 Å². The highest BCUT2D eigenvalue weighted by Crippen LogP contribution is 2.34. The van der Waals surface area contributed by atoms with Crippen molar-refractivity contribution in [1.82, 2.24) is 19.5 Å². The summed E-state index contributed by atoms with van der Waals surface area (Å²) in [7, 11) is 0. The molecule has 1 aliphatic heterocycles. The van der Waals surface area contributed by atoms with Crippen LogP contribution in [0.2, 0.25) is 0 Å². The van der Waals surface area contributed by atoms with Crippen LogP contribution in [0.5, 0.6) is 5.88 Å². The standard InChI is InChI=1S/C38H48N6O6/c1-24(2)30-22-39-44-32(21-31(41-33(30)44)48-29-14-11-19-42(23-29)35(46)49-37(4,5)6)43(36(47)50-38(7,8)9)28-13-10-12-27(20-28)40-34(45)26-17-15-25(3)16-18-26/h10,12-13,15-18,20-22,24,29H,11,14,19,23H2,1-9H3,(H,40,45). The van der Waals surface area contributed by atoms with Crippen LogP contribution in [0.4, 0.5) is 26.8 Å². The summed E-state index contributed by atoms with van der Waals surface area (Å²) in [5.41, 5.74) is 2.40. The van der Waals surface area contributed by atoms with Gasteiger partial charge in [-0.1, -0.05) is 37.6 Å². The number of nitrogens with one attached hydrogen (secondary N) is 1. The molecule has 0 radical (unpaired) electrons. The number of hydrogen-bond donors (Lipinski definition) is 1. The molecule has 2 aromatic heterocycles. The van der Waals surface area contributed by atoms with Gasteiger partial charge in [-0.2, -0.15) is 14.6 Å². The van der Waals surface area contributed by atoms with Gasteiger partial charge < -0.3 is 24.4 Å². The van der Waals surface area contributed by atoms with Crippen LogP contribution >= 0.6 is 0 Å². The zero-order valence-corrected chi connectivity index (χ0v) is 30.4. The van der Waals surface area contributed by atoms with E-state index in [0.717, 1.165) is 17.5 Å². The number of hydrogen-bond acceptors (Lipinski definition) is 8. The molecular formula is C38H48N6O6. The molecule has 1 N–H and O–H groups in total. The summed E-state index contributed by atoms with van der Waals surface area (Å²) in [6.07, 6.45) is 1.76. The SMILES string of the molecule is Cc1ccc(C(=O)Nc2cccc(N(C(=O)OC(C)(C)C)c3cc(OC4CCCN(C(=O)OC(C)(C)C)C4)nc4c(C(C)C)cnn34)c2)cc1. The van der Waals surface area contributed by atoms with Gasteiger partial charge in [-0.05, 0) is 97.6 Å². The van der Waals surface area contributed by atoms with Gasteiger partial charge >= 0.3 is 12.2 Å². The molecule has 0 aliphatic carbocycles. The molecule has 3 heterocycles. The van der Waals surface area contributed by atoms with Crippen LogP contribution < -0.4 is 15.0 Å². The molecule has 0 saturated carbocycles. The van der Waals surface area contributed by atoms with Crippen molar-refractivity contribution >= 4 is 40.9 Å². The van der Waals surface area contributed by atoms with Gasteiger partial charge in [0.1, 0.15) is 17.3 Å². The smallest absolute Gasteiger partial charge is 0.420 e. The Morgan fingerprint density at radius 1 is 0.960 bits per heavy atom. The minimum absolute atomic E-state index is 0.0655. The van der Waals surface area contributed by atoms with Gasteiger partial charge in [-0.3, -0.25) is 4.79 Å². The molecule has 5 rings (SSSR count). The maximum Gasteiger partial charge on any atom is 0.420 e. The number of rotatable bonds is 7. The van der Waals surface area contributed by atoms with Gasteiger partial charge in [0.15, 0.2) is 11.5 Å². The van der Waals surface area contributed by atoms with E-state index >= 15 is 0 Å². The lowest BCUT2D eigenvalue weighted by Crippen LogP contribution is -2.46. The fraction of sp³-hybridized carbons (Fsp3) is 0.447. The molecule has 1 atom stereocenters. The highest BCUT2D eigenvalue weighted by Gasteiger charge is 2.32. The van der Waals surface area contributed by atoms with Crippen LogP contribution in [-0.4, -0.2) is 68.0 Å². The highest BCUT2D eigenvalue weighted by atomic mass is 16.6. The molecule has 0 bridgehead atoms. The molecule has 266 valence electrons. The number of anilines is 3. The number of fused-ring (bicyclic) bond motifs is 1. The fourth-order valence-electron chi connectivity index (χ4n) is 5.54. The fourth-order valence-corrected chi connectivity index (χ4v) is 5.54. The van der Waals surface area contributed by atoms with Crippen LogP contribution in [0.3, 0.4) is 0 Å². The predicted octanol–water partition coefficient (Wildman–Crippen LogP) is 8.26. The van der Waals surface area contributed by atoms with Crippen molar-refractivity contribution in [1.29, 1.82) is 0 Å². The predicted molar refractivity (Wildman–Crippen MR) is 192 cm³/mol. The number of aromatic nitrogens is 3. The normalized spacial score (nSPS) is 15.2. The lowest BCUT2D eigenvalue weighted by atomic mass is 10.1. The average Bonchev–Trinajstić information content (AvgIpc) is 3.45. The van der Waals surface area contributed by atoms with E-state index in [4.69, 9.17) is 19.2 Å². The summed E-state index contributed by atoms with van der Waals surface area (Å²) in [5, 5.41) is 7.59. The molecule has 4 aromatic rings. The maximum absolute atomic E-state index is 14.1. The first-order chi connectivity index (χ1) is 23.5. The average molecular weight is 685 g/mol. The van der Waals surface area contributed by atoms with Crippen molar-refractivity contribution in [3.05, 3.63) is 77.5 Å². The Morgan fingerprint density at radius 2 is 1.66 bits per heavy atom. The second-order valence-electron chi connectivity index (χ2n) is 14.9. The maximum atomic E-state index is 14.1. The van der Waals surface area contributed by atoms with E-state index in [-0.39, 0.29) is 23.8 Å². The first-order valence-corrected chi connectivity index (χ1v) is 17.0. The number of carbonyl (C=O) groups is 3. The summed E-state index contributed by atoms with van der Waals surface area (Å²) < 4.78 is 19.6. The van der Waals surface area contributed by atoms with E-state index in [1.54, 1.807) is 78.8 Å². The van der Waals surface area contributed by atoms with Gasteiger partial charge in [-0.15, -0.1) is 0 Å². The number of piperidine rings is 1. The number of carbonyl (C=O) groups excluding carboxylic acids is 3. The van der Waals surface area contributed by atoms with E-state index in [1.165, 1.54) is 4.90 Å². The third-order valence-electron chi connectivity index (χ3n) is 7.88. The Hall–Kier alpha value is -5.13. The summed E-state index contributed by atoms with van der Waals surface area (Å²) in [5.74, 6) is 0.376. The third-order valence-corrected chi connectivity index (χ3v) is 7.88. The molecule has 2 aromatic carbocycles. The molecule has 1 unspecified atom stereocenters. The Bertz CT molecular complexity index is 1850. The first kappa shape index (κ1) is 36.2. The molecule has 0 spiro atoms. The number of amides is 3. The van der Waals surface area contributed by atoms with Crippen molar-refractivity contribution in [3.8, 4) is 5.88 Å². The quantitative estimate of drug-likeness (QED) is 0.206. The van der Waals surface area contributed by atoms with E-state index in [0.29, 0.717) is 47.9 Å². The number of aryl methyl sites for hydroxylation is 1. The van der Waals surface area contributed by atoms with Gasteiger partial charge in [0.25, 0.3) is 5.91 Å². The van der Waals surface area contributed by atoms with Crippen molar-refractivity contribution in [2.75, 3.05) is 23.3 Å². The van der Waals surface area contributed by atoms with Crippen LogP contribution in [0.1, 0.15) is 95.6 Å². The Balaban J connectivity index is 1.55. The van der Waals surface area contributed by atoms with Gasteiger partial charge in [0.05, 0.1) is 18.4 Å². The Kier molecular flexibility index (Phi) is 10.4. The number of benzene rings is 2. The van der Waals surface area contributed by atoms with Crippen molar-refractivity contribution in [2.45, 2.75) is 98.4 Å². The summed E-state index contributed by atoms with van der Waals surface area (Å²) in [6, 6.07) is 15.9. The molecule has 50 heavy (non-hydrogen) atoms. The lowest BCUT2D eigenvalue weighted by Gasteiger charge is -2.34. The first-order valence-electron chi connectivity index (χ1n) is 17.0. The number of likely N-dealkylation sites (tertiary alicyclic amines) is 1. The minimum Gasteiger partial charge on any atom is -0.472 e. The zero-order valence-electron chi connectivity index (χ0n) is 30.4. The molecule has 1 saturated heterocycles. The molecular weight excluding hydrogens is 636 g/mol. The lowest BCUT2D eigenvalue weighted by molar-refractivity contribution is 0.00720. The van der Waals surface area contributed by atoms with Gasteiger partial charge in [0.2, 0.25) is 5.88 Å². The summed E-state index contributed by atoms with van der Waals surface area (Å²) in [4.78, 5) is 48.0. The van der Waals surface area contributed by atoms with Crippen LogP contribution in [0.15, 0.2) is 60.8 Å². The van der Waals surface area contributed by atoms with Crippen molar-refractivity contribution in [3.63, 3.8) is 0 Å². The summed E-state index contributed by atoms with van der Waals surface area (Å²) >= 11 is 0. The monoisotopic (exact) mass is 684 g/mol. The van der Waals surface area contributed by atoms with E-state index < -0.39 is 23.4 Å². The van der Waals surface area contributed by atoms with Crippen molar-refractivity contribution in [2.24, 2.45) is 0 Å².